The van der Waals surface area contributed by atoms with Crippen LogP contribution < -0.4 is 20.9 Å². The molecule has 0 unspecified atom stereocenters. The van der Waals surface area contributed by atoms with Crippen molar-refractivity contribution < 1.29 is 75.3 Å². The van der Waals surface area contributed by atoms with Crippen LogP contribution in [-0.4, -0.2) is 0 Å². The predicted molar refractivity (Wildman–Crippen MR) is 103 cm³/mol. The molecule has 0 spiro atoms. The van der Waals surface area contributed by atoms with Crippen molar-refractivity contribution in [1.29, 1.82) is 0 Å². The van der Waals surface area contributed by atoms with Gasteiger partial charge in [0.2, 0.25) is 17.5 Å². The van der Waals surface area contributed by atoms with Gasteiger partial charge in [-0.2, -0.15) is 52.7 Å². The monoisotopic (exact) mass is 604 g/mol. The number of halogens is 15. The molecule has 0 atom stereocenters. The molecule has 0 fully saturated rings. The lowest BCUT2D eigenvalue weighted by molar-refractivity contribution is -0.141. The van der Waals surface area contributed by atoms with Crippen molar-refractivity contribution in [2.24, 2.45) is 0 Å². The number of alkyl halides is 9. The quantitative estimate of drug-likeness (QED) is 0.232. The van der Waals surface area contributed by atoms with Crippen LogP contribution in [0.15, 0.2) is 18.2 Å². The summed E-state index contributed by atoms with van der Waals surface area (Å²) in [5.74, 6) is -24.9. The van der Waals surface area contributed by atoms with Crippen molar-refractivity contribution in [1.82, 2.24) is 0 Å². The van der Waals surface area contributed by atoms with Gasteiger partial charge < -0.3 is 20.9 Å². The van der Waals surface area contributed by atoms with Crippen LogP contribution >= 0.6 is 0 Å². The minimum absolute atomic E-state index is 0.209. The molecule has 3 aromatic carbocycles. The average Bonchev–Trinajstić information content (AvgIpc) is 2.75. The molecule has 4 nitrogen and oxygen atoms in total. The summed E-state index contributed by atoms with van der Waals surface area (Å²) in [4.78, 5) is 0. The normalized spacial score (nSPS) is 12.6. The first-order chi connectivity index (χ1) is 18.1. The maximum absolute atomic E-state index is 14.5. The summed E-state index contributed by atoms with van der Waals surface area (Å²) in [5, 5.41) is 0. The van der Waals surface area contributed by atoms with Gasteiger partial charge in [-0.15, -0.1) is 0 Å². The number of benzene rings is 3. The highest BCUT2D eigenvalue weighted by atomic mass is 19.4. The van der Waals surface area contributed by atoms with Crippen LogP contribution in [0.4, 0.5) is 77.2 Å². The smallest absolute Gasteiger partial charge is 0.422 e. The first-order valence-corrected chi connectivity index (χ1v) is 9.71. The van der Waals surface area contributed by atoms with E-state index in [2.05, 4.69) is 9.47 Å². The molecule has 19 heteroatoms. The van der Waals surface area contributed by atoms with Crippen molar-refractivity contribution in [3.8, 4) is 23.0 Å². The Labute approximate surface area is 210 Å². The summed E-state index contributed by atoms with van der Waals surface area (Å²) < 4.78 is 214. The summed E-state index contributed by atoms with van der Waals surface area (Å²) in [6.07, 6.45) is -17.6. The van der Waals surface area contributed by atoms with E-state index in [9.17, 15) is 65.9 Å². The molecule has 0 aromatic heterocycles. The molecule has 0 saturated heterocycles. The van der Waals surface area contributed by atoms with E-state index in [0.29, 0.717) is 0 Å². The number of hydrogen-bond donors (Lipinski definition) is 2. The molecule has 3 aromatic rings. The highest BCUT2D eigenvalue weighted by Crippen LogP contribution is 2.50. The summed E-state index contributed by atoms with van der Waals surface area (Å²) in [6, 6.07) is -1.03. The highest BCUT2D eigenvalue weighted by molar-refractivity contribution is 5.60. The Morgan fingerprint density at radius 1 is 0.450 bits per heavy atom. The molecule has 0 radical (unpaired) electrons. The number of nitrogens with two attached hydrogens (primary N) is 2. The van der Waals surface area contributed by atoms with Crippen LogP contribution in [0.5, 0.6) is 23.0 Å². The molecular formula is C21H7F15N2O2. The first kappa shape index (κ1) is 30.4. The molecule has 4 N–H and O–H groups in total. The largest absolute Gasteiger partial charge is 0.453 e. The summed E-state index contributed by atoms with van der Waals surface area (Å²) in [5.41, 5.74) is -1.05. The van der Waals surface area contributed by atoms with Crippen LogP contribution in [0.2, 0.25) is 0 Å². The Hall–Kier alpha value is -4.19. The molecule has 0 aliphatic rings. The molecule has 3 rings (SSSR count). The van der Waals surface area contributed by atoms with Gasteiger partial charge in [-0.25, -0.2) is 13.2 Å². The molecule has 218 valence electrons. The van der Waals surface area contributed by atoms with Gasteiger partial charge in [0.25, 0.3) is 0 Å². The molecule has 0 saturated carbocycles. The number of rotatable bonds is 4. The Morgan fingerprint density at radius 3 is 1.15 bits per heavy atom. The Bertz CT molecular complexity index is 1490. The van der Waals surface area contributed by atoms with Gasteiger partial charge in [-0.3, -0.25) is 0 Å². The predicted octanol–water partition coefficient (Wildman–Crippen LogP) is 8.33. The zero-order valence-corrected chi connectivity index (χ0v) is 18.4. The second-order valence-electron chi connectivity index (χ2n) is 7.50. The summed E-state index contributed by atoms with van der Waals surface area (Å²) in [7, 11) is 0. The lowest BCUT2D eigenvalue weighted by atomic mass is 10.1. The van der Waals surface area contributed by atoms with E-state index < -0.39 is 111 Å². The number of anilines is 2. The van der Waals surface area contributed by atoms with Crippen molar-refractivity contribution >= 4 is 11.4 Å². The topological polar surface area (TPSA) is 70.5 Å². The molecule has 0 heterocycles. The van der Waals surface area contributed by atoms with Gasteiger partial charge >= 0.3 is 18.5 Å². The van der Waals surface area contributed by atoms with E-state index in [0.717, 1.165) is 0 Å². The van der Waals surface area contributed by atoms with Crippen molar-refractivity contribution in [3.05, 3.63) is 69.8 Å². The van der Waals surface area contributed by atoms with E-state index in [1.165, 1.54) is 0 Å². The molecule has 0 bridgehead atoms. The minimum Gasteiger partial charge on any atom is -0.453 e. The number of nitrogen functional groups attached to an aromatic ring is 2. The van der Waals surface area contributed by atoms with Gasteiger partial charge in [0.1, 0.15) is 22.4 Å². The fourth-order valence-electron chi connectivity index (χ4n) is 3.24. The van der Waals surface area contributed by atoms with Crippen molar-refractivity contribution in [3.63, 3.8) is 0 Å². The van der Waals surface area contributed by atoms with Crippen LogP contribution in [0, 0.1) is 34.9 Å². The highest BCUT2D eigenvalue weighted by Gasteiger charge is 2.45. The van der Waals surface area contributed by atoms with Gasteiger partial charge in [0.05, 0.1) is 11.4 Å². The molecule has 0 aliphatic carbocycles. The first-order valence-electron chi connectivity index (χ1n) is 9.71. The Kier molecular flexibility index (Phi) is 7.42. The fourth-order valence-corrected chi connectivity index (χ4v) is 3.24. The molecular weight excluding hydrogens is 597 g/mol. The second-order valence-corrected chi connectivity index (χ2v) is 7.50. The summed E-state index contributed by atoms with van der Waals surface area (Å²) in [6.45, 7) is 0. The SMILES string of the molecule is Nc1cc(F)c(F)c(Oc2cc(Oc3c(F)c(F)cc(N)c3C(F)(F)F)c(C(F)(F)F)c(F)c2F)c1C(F)(F)F. The third-order valence-electron chi connectivity index (χ3n) is 4.83. The van der Waals surface area contributed by atoms with E-state index in [-0.39, 0.29) is 12.1 Å². The lowest BCUT2D eigenvalue weighted by Crippen LogP contribution is -2.16. The summed E-state index contributed by atoms with van der Waals surface area (Å²) >= 11 is 0. The second kappa shape index (κ2) is 9.77. The fraction of sp³-hybridized carbons (Fsp3) is 0.143. The van der Waals surface area contributed by atoms with E-state index in [1.807, 2.05) is 0 Å². The van der Waals surface area contributed by atoms with E-state index in [4.69, 9.17) is 11.5 Å². The average molecular weight is 604 g/mol. The standard InChI is InChI=1S/C21H7F15N2O2/c22-4-1-6(37)10(19(28,29)30)17(13(4)24)39-8-3-9(15(26)16(27)12(8)21(34,35)36)40-18-11(20(31,32)33)7(38)2-5(23)14(18)25/h1-3H,37-38H2. The number of hydrogen-bond acceptors (Lipinski definition) is 4. The zero-order chi connectivity index (χ0) is 30.7. The Morgan fingerprint density at radius 2 is 0.800 bits per heavy atom. The van der Waals surface area contributed by atoms with Gasteiger partial charge in [0.15, 0.2) is 34.7 Å². The van der Waals surface area contributed by atoms with Gasteiger partial charge in [-0.05, 0) is 0 Å². The van der Waals surface area contributed by atoms with Crippen molar-refractivity contribution in [2.75, 3.05) is 11.5 Å². The van der Waals surface area contributed by atoms with Crippen LogP contribution in [0.1, 0.15) is 16.7 Å². The van der Waals surface area contributed by atoms with Crippen LogP contribution in [-0.2, 0) is 18.5 Å². The Balaban J connectivity index is 2.37. The lowest BCUT2D eigenvalue weighted by Gasteiger charge is -2.21. The molecule has 0 aliphatic heterocycles. The maximum Gasteiger partial charge on any atom is 0.422 e. The molecule has 0 amide bonds. The molecule has 40 heavy (non-hydrogen) atoms. The van der Waals surface area contributed by atoms with E-state index in [1.54, 1.807) is 0 Å². The van der Waals surface area contributed by atoms with E-state index >= 15 is 0 Å². The number of ether oxygens (including phenoxy) is 2. The minimum atomic E-state index is -6.09. The third-order valence-corrected chi connectivity index (χ3v) is 4.83. The van der Waals surface area contributed by atoms with Gasteiger partial charge in [-0.1, -0.05) is 0 Å². The van der Waals surface area contributed by atoms with Gasteiger partial charge in [0, 0.05) is 18.2 Å². The van der Waals surface area contributed by atoms with Crippen LogP contribution in [0.3, 0.4) is 0 Å². The maximum atomic E-state index is 14.5. The third kappa shape index (κ3) is 5.44. The van der Waals surface area contributed by atoms with Crippen LogP contribution in [0.25, 0.3) is 0 Å². The zero-order valence-electron chi connectivity index (χ0n) is 18.4. The van der Waals surface area contributed by atoms with Crippen molar-refractivity contribution in [2.45, 2.75) is 18.5 Å².